The SMILES string of the molecule is O=C(O)CCCNC(=O)NCCc1ccccc1. The van der Waals surface area contributed by atoms with E-state index in [0.29, 0.717) is 19.5 Å². The van der Waals surface area contributed by atoms with Gasteiger partial charge in [-0.2, -0.15) is 0 Å². The van der Waals surface area contributed by atoms with E-state index in [-0.39, 0.29) is 12.5 Å². The molecule has 5 nitrogen and oxygen atoms in total. The molecular formula is C13H18N2O3. The van der Waals surface area contributed by atoms with Crippen LogP contribution in [0.4, 0.5) is 4.79 Å². The number of hydrogen-bond donors (Lipinski definition) is 3. The van der Waals surface area contributed by atoms with Crippen molar-refractivity contribution in [1.82, 2.24) is 10.6 Å². The lowest BCUT2D eigenvalue weighted by molar-refractivity contribution is -0.137. The van der Waals surface area contributed by atoms with E-state index >= 15 is 0 Å². The minimum absolute atomic E-state index is 0.0737. The van der Waals surface area contributed by atoms with Crippen LogP contribution in [0.2, 0.25) is 0 Å². The zero-order valence-electron chi connectivity index (χ0n) is 10.2. The molecule has 0 atom stereocenters. The Morgan fingerprint density at radius 3 is 2.39 bits per heavy atom. The van der Waals surface area contributed by atoms with Crippen molar-refractivity contribution < 1.29 is 14.7 Å². The van der Waals surface area contributed by atoms with Crippen molar-refractivity contribution in [3.63, 3.8) is 0 Å². The number of carbonyl (C=O) groups excluding carboxylic acids is 1. The summed E-state index contributed by atoms with van der Waals surface area (Å²) < 4.78 is 0. The summed E-state index contributed by atoms with van der Waals surface area (Å²) in [5.41, 5.74) is 1.17. The zero-order chi connectivity index (χ0) is 13.2. The second-order valence-corrected chi connectivity index (χ2v) is 3.92. The maximum absolute atomic E-state index is 11.3. The van der Waals surface area contributed by atoms with Crippen LogP contribution < -0.4 is 10.6 Å². The number of aliphatic carboxylic acids is 1. The fourth-order valence-corrected chi connectivity index (χ4v) is 1.47. The van der Waals surface area contributed by atoms with E-state index in [9.17, 15) is 9.59 Å². The van der Waals surface area contributed by atoms with Crippen molar-refractivity contribution in [3.8, 4) is 0 Å². The quantitative estimate of drug-likeness (QED) is 0.640. The van der Waals surface area contributed by atoms with Gasteiger partial charge in [0.15, 0.2) is 0 Å². The van der Waals surface area contributed by atoms with Gasteiger partial charge in [0.25, 0.3) is 0 Å². The molecular weight excluding hydrogens is 232 g/mol. The summed E-state index contributed by atoms with van der Waals surface area (Å²) in [6.45, 7) is 0.943. The third-order valence-corrected chi connectivity index (χ3v) is 2.40. The van der Waals surface area contributed by atoms with E-state index in [4.69, 9.17) is 5.11 Å². The third kappa shape index (κ3) is 6.52. The van der Waals surface area contributed by atoms with Crippen LogP contribution in [0.15, 0.2) is 30.3 Å². The molecule has 0 unspecified atom stereocenters. The lowest BCUT2D eigenvalue weighted by atomic mass is 10.1. The maximum Gasteiger partial charge on any atom is 0.314 e. The van der Waals surface area contributed by atoms with Gasteiger partial charge in [0, 0.05) is 19.5 Å². The van der Waals surface area contributed by atoms with Crippen LogP contribution in [0.3, 0.4) is 0 Å². The molecule has 0 aromatic heterocycles. The molecule has 0 radical (unpaired) electrons. The highest BCUT2D eigenvalue weighted by molar-refractivity contribution is 5.73. The van der Waals surface area contributed by atoms with E-state index in [1.165, 1.54) is 5.56 Å². The van der Waals surface area contributed by atoms with Gasteiger partial charge in [0.1, 0.15) is 0 Å². The normalized spacial score (nSPS) is 9.78. The number of carboxylic acid groups (broad SMARTS) is 1. The Labute approximate surface area is 106 Å². The van der Waals surface area contributed by atoms with Crippen LogP contribution in [0.1, 0.15) is 18.4 Å². The number of amides is 2. The molecule has 3 N–H and O–H groups in total. The Morgan fingerprint density at radius 1 is 1.06 bits per heavy atom. The summed E-state index contributed by atoms with van der Waals surface area (Å²) in [4.78, 5) is 21.6. The zero-order valence-corrected chi connectivity index (χ0v) is 10.2. The molecule has 0 fully saturated rings. The summed E-state index contributed by atoms with van der Waals surface area (Å²) in [6, 6.07) is 9.63. The molecule has 0 saturated carbocycles. The molecule has 0 saturated heterocycles. The Morgan fingerprint density at radius 2 is 1.72 bits per heavy atom. The molecule has 0 heterocycles. The van der Waals surface area contributed by atoms with Gasteiger partial charge in [-0.3, -0.25) is 4.79 Å². The number of benzene rings is 1. The van der Waals surface area contributed by atoms with E-state index in [1.54, 1.807) is 0 Å². The molecule has 5 heteroatoms. The van der Waals surface area contributed by atoms with Crippen LogP contribution in [0.5, 0.6) is 0 Å². The standard InChI is InChI=1S/C13H18N2O3/c16-12(17)7-4-9-14-13(18)15-10-8-11-5-2-1-3-6-11/h1-3,5-6H,4,7-10H2,(H,16,17)(H2,14,15,18). The van der Waals surface area contributed by atoms with Crippen LogP contribution >= 0.6 is 0 Å². The number of urea groups is 1. The Bertz CT molecular complexity index is 379. The van der Waals surface area contributed by atoms with Crippen molar-refractivity contribution in [1.29, 1.82) is 0 Å². The van der Waals surface area contributed by atoms with Gasteiger partial charge in [-0.25, -0.2) is 4.79 Å². The number of carboxylic acids is 1. The number of hydrogen-bond acceptors (Lipinski definition) is 2. The van der Waals surface area contributed by atoms with Crippen molar-refractivity contribution in [3.05, 3.63) is 35.9 Å². The van der Waals surface area contributed by atoms with Gasteiger partial charge in [-0.15, -0.1) is 0 Å². The number of carbonyl (C=O) groups is 2. The van der Waals surface area contributed by atoms with Gasteiger partial charge < -0.3 is 15.7 Å². The average Bonchev–Trinajstić information content (AvgIpc) is 2.36. The molecule has 2 amide bonds. The van der Waals surface area contributed by atoms with Gasteiger partial charge in [0.05, 0.1) is 0 Å². The fraction of sp³-hybridized carbons (Fsp3) is 0.385. The average molecular weight is 250 g/mol. The molecule has 1 rings (SSSR count). The van der Waals surface area contributed by atoms with Gasteiger partial charge >= 0.3 is 12.0 Å². The van der Waals surface area contributed by atoms with Crippen LogP contribution in [0.25, 0.3) is 0 Å². The van der Waals surface area contributed by atoms with Crippen LogP contribution in [-0.4, -0.2) is 30.2 Å². The topological polar surface area (TPSA) is 78.4 Å². The largest absolute Gasteiger partial charge is 0.481 e. The summed E-state index contributed by atoms with van der Waals surface area (Å²) >= 11 is 0. The smallest absolute Gasteiger partial charge is 0.314 e. The molecule has 0 aliphatic heterocycles. The third-order valence-electron chi connectivity index (χ3n) is 2.40. The summed E-state index contributed by atoms with van der Waals surface area (Å²) in [5, 5.41) is 13.8. The lowest BCUT2D eigenvalue weighted by Gasteiger charge is -2.06. The summed E-state index contributed by atoms with van der Waals surface area (Å²) in [6.07, 6.45) is 1.30. The Hall–Kier alpha value is -2.04. The van der Waals surface area contributed by atoms with E-state index in [2.05, 4.69) is 10.6 Å². The molecule has 18 heavy (non-hydrogen) atoms. The minimum atomic E-state index is -0.846. The van der Waals surface area contributed by atoms with E-state index in [1.807, 2.05) is 30.3 Å². The minimum Gasteiger partial charge on any atom is -0.481 e. The van der Waals surface area contributed by atoms with Gasteiger partial charge in [-0.05, 0) is 18.4 Å². The van der Waals surface area contributed by atoms with Crippen molar-refractivity contribution in [2.24, 2.45) is 0 Å². The Balaban J connectivity index is 2.05. The highest BCUT2D eigenvalue weighted by Crippen LogP contribution is 1.97. The molecule has 98 valence electrons. The summed E-state index contributed by atoms with van der Waals surface area (Å²) in [5.74, 6) is -0.846. The molecule has 0 bridgehead atoms. The first-order chi connectivity index (χ1) is 8.68. The molecule has 0 aliphatic rings. The molecule has 0 aliphatic carbocycles. The monoisotopic (exact) mass is 250 g/mol. The van der Waals surface area contributed by atoms with E-state index < -0.39 is 5.97 Å². The maximum atomic E-state index is 11.3. The molecule has 0 spiro atoms. The predicted molar refractivity (Wildman–Crippen MR) is 68.4 cm³/mol. The first-order valence-corrected chi connectivity index (χ1v) is 5.96. The second-order valence-electron chi connectivity index (χ2n) is 3.92. The van der Waals surface area contributed by atoms with Gasteiger partial charge in [-0.1, -0.05) is 30.3 Å². The highest BCUT2D eigenvalue weighted by atomic mass is 16.4. The van der Waals surface area contributed by atoms with Gasteiger partial charge in [0.2, 0.25) is 0 Å². The van der Waals surface area contributed by atoms with E-state index in [0.717, 1.165) is 6.42 Å². The molecule has 1 aromatic carbocycles. The fourth-order valence-electron chi connectivity index (χ4n) is 1.47. The lowest BCUT2D eigenvalue weighted by Crippen LogP contribution is -2.37. The first-order valence-electron chi connectivity index (χ1n) is 5.96. The Kier molecular flexibility index (Phi) is 6.32. The predicted octanol–water partition coefficient (Wildman–Crippen LogP) is 1.39. The summed E-state index contributed by atoms with van der Waals surface area (Å²) in [7, 11) is 0. The van der Waals surface area contributed by atoms with Crippen LogP contribution in [-0.2, 0) is 11.2 Å². The van der Waals surface area contributed by atoms with Crippen molar-refractivity contribution in [2.75, 3.05) is 13.1 Å². The molecule has 1 aromatic rings. The number of rotatable bonds is 7. The highest BCUT2D eigenvalue weighted by Gasteiger charge is 2.00. The van der Waals surface area contributed by atoms with Crippen molar-refractivity contribution in [2.45, 2.75) is 19.3 Å². The van der Waals surface area contributed by atoms with Crippen LogP contribution in [0, 0.1) is 0 Å². The number of nitrogens with one attached hydrogen (secondary N) is 2. The first kappa shape index (κ1) is 14.0. The van der Waals surface area contributed by atoms with Crippen molar-refractivity contribution >= 4 is 12.0 Å². The second kappa shape index (κ2) is 8.11.